The van der Waals surface area contributed by atoms with Crippen molar-refractivity contribution in [3.8, 4) is 0 Å². The molecule has 1 aliphatic heterocycles. The Morgan fingerprint density at radius 1 is 1.57 bits per heavy atom. The smallest absolute Gasteiger partial charge is 0.404 e. The van der Waals surface area contributed by atoms with Crippen LogP contribution in [0, 0.1) is 0 Å². The number of hydrogen-bond donors (Lipinski definition) is 4. The quantitative estimate of drug-likeness (QED) is 0.647. The summed E-state index contributed by atoms with van der Waals surface area (Å²) in [6.07, 6.45) is 3.41. The van der Waals surface area contributed by atoms with E-state index in [0.29, 0.717) is 24.9 Å². The number of nitrogens with two attached hydrogens (primary N) is 1. The zero-order valence-electron chi connectivity index (χ0n) is 11.7. The second kappa shape index (κ2) is 4.57. The van der Waals surface area contributed by atoms with Crippen LogP contribution < -0.4 is 11.1 Å². The number of aromatic nitrogens is 1. The standard InChI is InChI=1S/C14H19N3O4/c1-13(20)11(17-12(18)19)6-10(21-14(13)3-4-14)8-2-5-16-7-9(8)15/h2,5,7,10-11,17,20H,3-4,6,15H2,1H3,(H,18,19)/t10-,11-,13+/m0/s1. The number of carbonyl (C=O) groups is 1. The van der Waals surface area contributed by atoms with Crippen molar-refractivity contribution in [2.24, 2.45) is 0 Å². The van der Waals surface area contributed by atoms with E-state index in [0.717, 1.165) is 5.56 Å². The Balaban J connectivity index is 1.92. The largest absolute Gasteiger partial charge is 0.465 e. The molecule has 2 fully saturated rings. The van der Waals surface area contributed by atoms with Gasteiger partial charge in [-0.2, -0.15) is 0 Å². The molecule has 1 spiro atoms. The van der Waals surface area contributed by atoms with Gasteiger partial charge >= 0.3 is 6.09 Å². The Bertz CT molecular complexity index is 571. The van der Waals surface area contributed by atoms with Crippen molar-refractivity contribution < 1.29 is 19.7 Å². The van der Waals surface area contributed by atoms with Gasteiger partial charge in [0.05, 0.1) is 29.6 Å². The summed E-state index contributed by atoms with van der Waals surface area (Å²) in [6, 6.07) is 1.16. The molecule has 5 N–H and O–H groups in total. The predicted molar refractivity (Wildman–Crippen MR) is 74.6 cm³/mol. The molecule has 1 aliphatic carbocycles. The Hall–Kier alpha value is -1.86. The van der Waals surface area contributed by atoms with Crippen molar-refractivity contribution in [3.05, 3.63) is 24.0 Å². The molecule has 1 aromatic heterocycles. The molecule has 0 unspecified atom stereocenters. The fourth-order valence-electron chi connectivity index (χ4n) is 3.19. The number of pyridine rings is 1. The number of amides is 1. The molecule has 3 rings (SSSR count). The molecule has 0 radical (unpaired) electrons. The van der Waals surface area contributed by atoms with E-state index in [1.54, 1.807) is 25.4 Å². The first-order valence-corrected chi connectivity index (χ1v) is 6.95. The zero-order chi connectivity index (χ0) is 15.3. The molecule has 21 heavy (non-hydrogen) atoms. The lowest BCUT2D eigenvalue weighted by molar-refractivity contribution is -0.200. The van der Waals surface area contributed by atoms with Crippen LogP contribution in [0.4, 0.5) is 10.5 Å². The number of rotatable bonds is 2. The van der Waals surface area contributed by atoms with Gasteiger partial charge in [0.2, 0.25) is 0 Å². The van der Waals surface area contributed by atoms with Gasteiger partial charge in [-0.05, 0) is 25.8 Å². The number of nitrogen functional groups attached to an aromatic ring is 1. The molecule has 1 aromatic rings. The van der Waals surface area contributed by atoms with Crippen molar-refractivity contribution in [1.29, 1.82) is 0 Å². The third-order valence-corrected chi connectivity index (χ3v) is 4.65. The molecule has 114 valence electrons. The van der Waals surface area contributed by atoms with E-state index in [4.69, 9.17) is 15.6 Å². The number of nitrogens with zero attached hydrogens (tertiary/aromatic N) is 1. The molecule has 1 saturated carbocycles. The summed E-state index contributed by atoms with van der Waals surface area (Å²) >= 11 is 0. The van der Waals surface area contributed by atoms with Crippen molar-refractivity contribution in [2.45, 2.75) is 49.5 Å². The first kappa shape index (κ1) is 14.1. The average Bonchev–Trinajstić information content (AvgIpc) is 3.17. The Morgan fingerprint density at radius 3 is 2.86 bits per heavy atom. The molecule has 7 nitrogen and oxygen atoms in total. The normalized spacial score (nSPS) is 33.6. The molecule has 0 aromatic carbocycles. The van der Waals surface area contributed by atoms with Crippen LogP contribution in [-0.4, -0.2) is 38.5 Å². The highest BCUT2D eigenvalue weighted by Crippen LogP contribution is 2.57. The maximum Gasteiger partial charge on any atom is 0.404 e. The monoisotopic (exact) mass is 293 g/mol. The first-order valence-electron chi connectivity index (χ1n) is 6.95. The number of anilines is 1. The summed E-state index contributed by atoms with van der Waals surface area (Å²) in [5.41, 5.74) is 5.29. The summed E-state index contributed by atoms with van der Waals surface area (Å²) in [5, 5.41) is 22.1. The van der Waals surface area contributed by atoms with E-state index in [1.807, 2.05) is 0 Å². The van der Waals surface area contributed by atoms with Gasteiger partial charge in [-0.1, -0.05) is 0 Å². The molecule has 2 aliphatic rings. The van der Waals surface area contributed by atoms with Crippen molar-refractivity contribution in [2.75, 3.05) is 5.73 Å². The summed E-state index contributed by atoms with van der Waals surface area (Å²) < 4.78 is 6.09. The topological polar surface area (TPSA) is 118 Å². The van der Waals surface area contributed by atoms with Crippen LogP contribution in [-0.2, 0) is 4.74 Å². The highest BCUT2D eigenvalue weighted by atomic mass is 16.5. The van der Waals surface area contributed by atoms with Gasteiger partial charge in [-0.15, -0.1) is 0 Å². The van der Waals surface area contributed by atoms with E-state index in [2.05, 4.69) is 10.3 Å². The second-order valence-electron chi connectivity index (χ2n) is 5.99. The van der Waals surface area contributed by atoms with E-state index < -0.39 is 23.3 Å². The van der Waals surface area contributed by atoms with Crippen molar-refractivity contribution >= 4 is 11.8 Å². The van der Waals surface area contributed by atoms with Crippen molar-refractivity contribution in [1.82, 2.24) is 10.3 Å². The predicted octanol–water partition coefficient (Wildman–Crippen LogP) is 1.04. The van der Waals surface area contributed by atoms with Crippen LogP contribution >= 0.6 is 0 Å². The van der Waals surface area contributed by atoms with E-state index in [-0.39, 0.29) is 6.10 Å². The minimum atomic E-state index is -1.23. The van der Waals surface area contributed by atoms with E-state index in [1.165, 1.54) is 0 Å². The Morgan fingerprint density at radius 2 is 2.29 bits per heavy atom. The van der Waals surface area contributed by atoms with Gasteiger partial charge in [0.25, 0.3) is 0 Å². The Labute approximate surface area is 122 Å². The van der Waals surface area contributed by atoms with Gasteiger partial charge in [-0.25, -0.2) is 4.79 Å². The lowest BCUT2D eigenvalue weighted by Crippen LogP contribution is -2.63. The average molecular weight is 293 g/mol. The number of carboxylic acid groups (broad SMARTS) is 1. The Kier molecular flexibility index (Phi) is 3.07. The number of aliphatic hydroxyl groups is 1. The zero-order valence-corrected chi connectivity index (χ0v) is 11.7. The highest BCUT2D eigenvalue weighted by Gasteiger charge is 2.65. The van der Waals surface area contributed by atoms with Gasteiger partial charge in [0.15, 0.2) is 0 Å². The SMILES string of the molecule is C[C@@]1(O)[C@@H](NC(=O)O)C[C@@H](c2ccncc2N)OC12CC2. The summed E-state index contributed by atoms with van der Waals surface area (Å²) in [5.74, 6) is 0. The van der Waals surface area contributed by atoms with Crippen LogP contribution in [0.15, 0.2) is 18.5 Å². The number of nitrogens with one attached hydrogen (secondary N) is 1. The van der Waals surface area contributed by atoms with Crippen LogP contribution in [0.1, 0.15) is 37.9 Å². The molecule has 3 atom stereocenters. The van der Waals surface area contributed by atoms with E-state index in [9.17, 15) is 9.90 Å². The fourth-order valence-corrected chi connectivity index (χ4v) is 3.19. The molecule has 1 amide bonds. The van der Waals surface area contributed by atoms with Gasteiger partial charge in [0, 0.05) is 18.2 Å². The summed E-state index contributed by atoms with van der Waals surface area (Å²) in [4.78, 5) is 14.9. The lowest BCUT2D eigenvalue weighted by atomic mass is 9.80. The molecule has 0 bridgehead atoms. The molecular formula is C14H19N3O4. The summed E-state index contributed by atoms with van der Waals surface area (Å²) in [7, 11) is 0. The fraction of sp³-hybridized carbons (Fsp3) is 0.571. The van der Waals surface area contributed by atoms with E-state index >= 15 is 0 Å². The number of hydrogen-bond acceptors (Lipinski definition) is 5. The highest BCUT2D eigenvalue weighted by molar-refractivity contribution is 5.65. The third kappa shape index (κ3) is 2.22. The van der Waals surface area contributed by atoms with Crippen LogP contribution in [0.2, 0.25) is 0 Å². The van der Waals surface area contributed by atoms with Crippen LogP contribution in [0.5, 0.6) is 0 Å². The molecular weight excluding hydrogens is 274 g/mol. The number of ether oxygens (including phenoxy) is 1. The second-order valence-corrected chi connectivity index (χ2v) is 5.99. The molecule has 7 heteroatoms. The third-order valence-electron chi connectivity index (χ3n) is 4.65. The van der Waals surface area contributed by atoms with Crippen LogP contribution in [0.25, 0.3) is 0 Å². The first-order chi connectivity index (χ1) is 9.86. The minimum absolute atomic E-state index is 0.329. The van der Waals surface area contributed by atoms with Gasteiger partial charge < -0.3 is 26.0 Å². The van der Waals surface area contributed by atoms with Gasteiger partial charge in [0.1, 0.15) is 5.60 Å². The molecule has 1 saturated heterocycles. The maximum atomic E-state index is 11.0. The van der Waals surface area contributed by atoms with Crippen LogP contribution in [0.3, 0.4) is 0 Å². The van der Waals surface area contributed by atoms with Crippen molar-refractivity contribution in [3.63, 3.8) is 0 Å². The minimum Gasteiger partial charge on any atom is -0.465 e. The lowest BCUT2D eigenvalue weighted by Gasteiger charge is -2.47. The maximum absolute atomic E-state index is 11.0. The van der Waals surface area contributed by atoms with Gasteiger partial charge in [-0.3, -0.25) is 4.98 Å². The molecule has 2 heterocycles. The summed E-state index contributed by atoms with van der Waals surface area (Å²) in [6.45, 7) is 1.63.